The van der Waals surface area contributed by atoms with Crippen LogP contribution in [-0.2, 0) is 19.4 Å². The number of rotatable bonds is 7. The lowest BCUT2D eigenvalue weighted by Crippen LogP contribution is -2.37. The van der Waals surface area contributed by atoms with Gasteiger partial charge in [0.25, 0.3) is 11.8 Å². The molecule has 1 aliphatic carbocycles. The van der Waals surface area contributed by atoms with Gasteiger partial charge in [0.1, 0.15) is 11.1 Å². The van der Waals surface area contributed by atoms with E-state index >= 15 is 0 Å². The van der Waals surface area contributed by atoms with Gasteiger partial charge in [0.2, 0.25) is 5.43 Å². The molecule has 170 valence electrons. The molecule has 0 spiro atoms. The Balaban J connectivity index is 1.63. The Morgan fingerprint density at radius 3 is 2.42 bits per heavy atom. The molecule has 0 saturated heterocycles. The molecule has 2 N–H and O–H groups in total. The van der Waals surface area contributed by atoms with Gasteiger partial charge < -0.3 is 15.2 Å². The Bertz CT molecular complexity index is 1200. The van der Waals surface area contributed by atoms with E-state index in [0.29, 0.717) is 13.1 Å². The minimum Gasteiger partial charge on any atom is -0.352 e. The summed E-state index contributed by atoms with van der Waals surface area (Å²) in [5, 5.41) is 5.73. The number of nitrogens with one attached hydrogen (secondary N) is 2. The van der Waals surface area contributed by atoms with E-state index in [4.69, 9.17) is 0 Å². The smallest absolute Gasteiger partial charge is 0.257 e. The fourth-order valence-corrected chi connectivity index (χ4v) is 4.38. The minimum atomic E-state index is -0.543. The largest absolute Gasteiger partial charge is 0.352 e. The first kappa shape index (κ1) is 22.5. The fourth-order valence-electron chi connectivity index (χ4n) is 4.38. The Labute approximate surface area is 193 Å². The van der Waals surface area contributed by atoms with Crippen molar-refractivity contribution in [3.63, 3.8) is 0 Å². The average molecular weight is 444 g/mol. The van der Waals surface area contributed by atoms with Crippen LogP contribution in [0.25, 0.3) is 0 Å². The predicted octanol–water partition coefficient (Wildman–Crippen LogP) is 3.65. The molecule has 4 rings (SSSR count). The van der Waals surface area contributed by atoms with E-state index in [0.717, 1.165) is 36.8 Å². The quantitative estimate of drug-likeness (QED) is 0.585. The van der Waals surface area contributed by atoms with Crippen LogP contribution in [0, 0.1) is 0 Å². The van der Waals surface area contributed by atoms with Crippen molar-refractivity contribution in [2.24, 2.45) is 0 Å². The number of nitrogens with zero attached hydrogens (tertiary/aromatic N) is 1. The van der Waals surface area contributed by atoms with Crippen LogP contribution < -0.4 is 16.1 Å². The molecule has 0 fully saturated rings. The highest BCUT2D eigenvalue weighted by Crippen LogP contribution is 2.29. The molecule has 0 saturated carbocycles. The summed E-state index contributed by atoms with van der Waals surface area (Å²) in [5.74, 6) is -0.907. The number of hydrogen-bond acceptors (Lipinski definition) is 3. The van der Waals surface area contributed by atoms with Crippen molar-refractivity contribution in [1.29, 1.82) is 0 Å². The van der Waals surface area contributed by atoms with Crippen molar-refractivity contribution in [2.45, 2.75) is 45.2 Å². The standard InChI is InChI=1S/C27H29N3O3/c1-2-28-26(32)22-17-30(16-15-19-9-4-3-5-10-19)18-23(25(22)31)27(33)29-24-14-8-12-20-11-6-7-13-21(20)24/h3-7,9-11,13,17-18,24H,2,8,12,14-16H2,1H3,(H,28,32)(H,29,33). The molecule has 1 atom stereocenters. The maximum absolute atomic E-state index is 13.2. The van der Waals surface area contributed by atoms with Crippen LogP contribution in [0.1, 0.15) is 63.2 Å². The monoisotopic (exact) mass is 443 g/mol. The average Bonchev–Trinajstić information content (AvgIpc) is 2.84. The number of aryl methyl sites for hydroxylation is 3. The zero-order valence-electron chi connectivity index (χ0n) is 18.8. The van der Waals surface area contributed by atoms with E-state index in [1.165, 1.54) is 5.56 Å². The van der Waals surface area contributed by atoms with Gasteiger partial charge in [-0.15, -0.1) is 0 Å². The highest BCUT2D eigenvalue weighted by molar-refractivity contribution is 5.99. The molecule has 6 heteroatoms. The maximum atomic E-state index is 13.2. The molecule has 6 nitrogen and oxygen atoms in total. The number of aromatic nitrogens is 1. The number of hydrogen-bond donors (Lipinski definition) is 2. The second kappa shape index (κ2) is 10.3. The number of carbonyl (C=O) groups excluding carboxylic acids is 2. The van der Waals surface area contributed by atoms with E-state index < -0.39 is 17.2 Å². The lowest BCUT2D eigenvalue weighted by molar-refractivity contribution is 0.0930. The Kier molecular flexibility index (Phi) is 7.03. The molecule has 0 aliphatic heterocycles. The van der Waals surface area contributed by atoms with Crippen molar-refractivity contribution in [2.75, 3.05) is 6.54 Å². The maximum Gasteiger partial charge on any atom is 0.257 e. The first-order valence-electron chi connectivity index (χ1n) is 11.5. The summed E-state index contributed by atoms with van der Waals surface area (Å²) >= 11 is 0. The predicted molar refractivity (Wildman–Crippen MR) is 128 cm³/mol. The number of carbonyl (C=O) groups is 2. The summed E-state index contributed by atoms with van der Waals surface area (Å²) in [6, 6.07) is 17.9. The van der Waals surface area contributed by atoms with Crippen molar-refractivity contribution >= 4 is 11.8 Å². The highest BCUT2D eigenvalue weighted by atomic mass is 16.2. The molecule has 1 heterocycles. The topological polar surface area (TPSA) is 80.2 Å². The summed E-state index contributed by atoms with van der Waals surface area (Å²) in [6.45, 7) is 2.74. The minimum absolute atomic E-state index is 0.00475. The third-order valence-electron chi connectivity index (χ3n) is 6.08. The molecule has 2 amide bonds. The SMILES string of the molecule is CCNC(=O)c1cn(CCc2ccccc2)cc(C(=O)NC2CCCc3ccccc32)c1=O. The van der Waals surface area contributed by atoms with E-state index in [9.17, 15) is 14.4 Å². The van der Waals surface area contributed by atoms with E-state index in [1.807, 2.05) is 48.5 Å². The first-order chi connectivity index (χ1) is 16.1. The van der Waals surface area contributed by atoms with Crippen LogP contribution in [0.15, 0.2) is 71.8 Å². The number of benzene rings is 2. The highest BCUT2D eigenvalue weighted by Gasteiger charge is 2.25. The Hall–Kier alpha value is -3.67. The first-order valence-corrected chi connectivity index (χ1v) is 11.5. The zero-order valence-corrected chi connectivity index (χ0v) is 18.8. The van der Waals surface area contributed by atoms with E-state index in [2.05, 4.69) is 16.7 Å². The summed E-state index contributed by atoms with van der Waals surface area (Å²) in [5.41, 5.74) is 2.90. The van der Waals surface area contributed by atoms with Gasteiger partial charge in [-0.25, -0.2) is 0 Å². The molecule has 3 aromatic rings. The molecule has 1 unspecified atom stereocenters. The number of pyridine rings is 1. The molecule has 1 aromatic heterocycles. The summed E-state index contributed by atoms with van der Waals surface area (Å²) in [4.78, 5) is 38.9. The van der Waals surface area contributed by atoms with Gasteiger partial charge in [0.05, 0.1) is 6.04 Å². The van der Waals surface area contributed by atoms with Gasteiger partial charge in [0.15, 0.2) is 0 Å². The summed E-state index contributed by atoms with van der Waals surface area (Å²) in [6.07, 6.45) is 6.61. The van der Waals surface area contributed by atoms with Gasteiger partial charge in [-0.3, -0.25) is 14.4 Å². The molecule has 2 aromatic carbocycles. The van der Waals surface area contributed by atoms with Crippen LogP contribution in [-0.4, -0.2) is 22.9 Å². The Morgan fingerprint density at radius 2 is 1.67 bits per heavy atom. The molecule has 0 bridgehead atoms. The van der Waals surface area contributed by atoms with Gasteiger partial charge in [-0.2, -0.15) is 0 Å². The van der Waals surface area contributed by atoms with Gasteiger partial charge >= 0.3 is 0 Å². The van der Waals surface area contributed by atoms with Crippen molar-refractivity contribution in [3.8, 4) is 0 Å². The van der Waals surface area contributed by atoms with Crippen molar-refractivity contribution < 1.29 is 9.59 Å². The summed E-state index contributed by atoms with van der Waals surface area (Å²) < 4.78 is 1.77. The lowest BCUT2D eigenvalue weighted by atomic mass is 9.87. The molecular formula is C27H29N3O3. The van der Waals surface area contributed by atoms with E-state index in [1.54, 1.807) is 23.9 Å². The normalized spacial score (nSPS) is 14.9. The number of fused-ring (bicyclic) bond motifs is 1. The van der Waals surface area contributed by atoms with Crippen molar-refractivity contribution in [3.05, 3.63) is 105 Å². The third-order valence-corrected chi connectivity index (χ3v) is 6.08. The van der Waals surface area contributed by atoms with Crippen LogP contribution in [0.5, 0.6) is 0 Å². The summed E-state index contributed by atoms with van der Waals surface area (Å²) in [7, 11) is 0. The number of amides is 2. The molecular weight excluding hydrogens is 414 g/mol. The van der Waals surface area contributed by atoms with Crippen LogP contribution in [0.2, 0.25) is 0 Å². The Morgan fingerprint density at radius 1 is 0.970 bits per heavy atom. The second-order valence-corrected chi connectivity index (χ2v) is 8.36. The van der Waals surface area contributed by atoms with Crippen LogP contribution >= 0.6 is 0 Å². The van der Waals surface area contributed by atoms with Crippen LogP contribution in [0.4, 0.5) is 0 Å². The van der Waals surface area contributed by atoms with Gasteiger partial charge in [-0.05, 0) is 49.3 Å². The lowest BCUT2D eigenvalue weighted by Gasteiger charge is -2.26. The van der Waals surface area contributed by atoms with Crippen molar-refractivity contribution in [1.82, 2.24) is 15.2 Å². The fraction of sp³-hybridized carbons (Fsp3) is 0.296. The zero-order chi connectivity index (χ0) is 23.2. The second-order valence-electron chi connectivity index (χ2n) is 8.36. The third kappa shape index (κ3) is 5.22. The van der Waals surface area contributed by atoms with Crippen LogP contribution in [0.3, 0.4) is 0 Å². The molecule has 0 radical (unpaired) electrons. The van der Waals surface area contributed by atoms with Gasteiger partial charge in [0, 0.05) is 25.5 Å². The molecule has 1 aliphatic rings. The van der Waals surface area contributed by atoms with Gasteiger partial charge in [-0.1, -0.05) is 54.6 Å². The molecule has 33 heavy (non-hydrogen) atoms. The van der Waals surface area contributed by atoms with E-state index in [-0.39, 0.29) is 17.2 Å².